The van der Waals surface area contributed by atoms with E-state index in [9.17, 15) is 4.79 Å². The fourth-order valence-corrected chi connectivity index (χ4v) is 1.67. The molecule has 0 bridgehead atoms. The molecule has 2 aromatic rings. The van der Waals surface area contributed by atoms with Crippen molar-refractivity contribution < 1.29 is 9.53 Å². The fraction of sp³-hybridized carbons (Fsp3) is 0.286. The molecule has 0 aliphatic heterocycles. The molecule has 0 saturated carbocycles. The first-order valence-corrected chi connectivity index (χ1v) is 6.34. The van der Waals surface area contributed by atoms with E-state index in [1.54, 1.807) is 16.8 Å². The zero-order valence-corrected chi connectivity index (χ0v) is 11.4. The summed E-state index contributed by atoms with van der Waals surface area (Å²) in [6.45, 7) is 0.870. The highest BCUT2D eigenvalue weighted by Crippen LogP contribution is 2.11. The van der Waals surface area contributed by atoms with Gasteiger partial charge in [-0.3, -0.25) is 9.48 Å². The van der Waals surface area contributed by atoms with Gasteiger partial charge in [-0.05, 0) is 23.8 Å². The van der Waals surface area contributed by atoms with Crippen LogP contribution < -0.4 is 15.8 Å². The number of nitrogens with two attached hydrogens (primary N) is 1. The first-order chi connectivity index (χ1) is 9.67. The Morgan fingerprint density at radius 3 is 2.70 bits per heavy atom. The Morgan fingerprint density at radius 1 is 1.35 bits per heavy atom. The Hall–Kier alpha value is -2.34. The van der Waals surface area contributed by atoms with Crippen LogP contribution in [0.5, 0.6) is 5.75 Å². The summed E-state index contributed by atoms with van der Waals surface area (Å²) < 4.78 is 7.07. The third-order valence-corrected chi connectivity index (χ3v) is 2.76. The summed E-state index contributed by atoms with van der Waals surface area (Å²) in [7, 11) is 1.83. The van der Waals surface area contributed by atoms with E-state index in [-0.39, 0.29) is 12.5 Å². The van der Waals surface area contributed by atoms with E-state index in [1.165, 1.54) is 0 Å². The normalized spacial score (nSPS) is 10.3. The monoisotopic (exact) mass is 274 g/mol. The molecule has 0 unspecified atom stereocenters. The van der Waals surface area contributed by atoms with Crippen LogP contribution in [0.15, 0.2) is 36.5 Å². The van der Waals surface area contributed by atoms with Crippen molar-refractivity contribution in [3.05, 3.63) is 47.8 Å². The molecule has 0 radical (unpaired) electrons. The molecule has 1 amide bonds. The van der Waals surface area contributed by atoms with Crippen molar-refractivity contribution in [3.63, 3.8) is 0 Å². The number of rotatable bonds is 6. The summed E-state index contributed by atoms with van der Waals surface area (Å²) in [5.41, 5.74) is 7.34. The summed E-state index contributed by atoms with van der Waals surface area (Å²) in [6.07, 6.45) is 1.83. The van der Waals surface area contributed by atoms with Gasteiger partial charge in [0, 0.05) is 19.8 Å². The van der Waals surface area contributed by atoms with Crippen LogP contribution in [0.4, 0.5) is 0 Å². The molecular formula is C14H18N4O2. The average Bonchev–Trinajstić information content (AvgIpc) is 2.89. The van der Waals surface area contributed by atoms with Crippen molar-refractivity contribution in [3.8, 4) is 5.75 Å². The zero-order chi connectivity index (χ0) is 14.4. The average molecular weight is 274 g/mol. The highest BCUT2D eigenvalue weighted by atomic mass is 16.5. The molecule has 0 saturated heterocycles. The Morgan fingerprint density at radius 2 is 2.10 bits per heavy atom. The number of aromatic nitrogens is 2. The molecule has 106 valence electrons. The highest BCUT2D eigenvalue weighted by Gasteiger charge is 2.04. The van der Waals surface area contributed by atoms with Crippen molar-refractivity contribution in [2.75, 3.05) is 6.61 Å². The number of amides is 1. The highest BCUT2D eigenvalue weighted by molar-refractivity contribution is 5.77. The van der Waals surface area contributed by atoms with Gasteiger partial charge in [-0.2, -0.15) is 5.10 Å². The molecule has 0 aliphatic carbocycles. The maximum Gasteiger partial charge on any atom is 0.258 e. The maximum absolute atomic E-state index is 11.6. The van der Waals surface area contributed by atoms with Gasteiger partial charge in [-0.15, -0.1) is 0 Å². The van der Waals surface area contributed by atoms with Crippen LogP contribution in [0.2, 0.25) is 0 Å². The van der Waals surface area contributed by atoms with Crippen molar-refractivity contribution in [2.24, 2.45) is 12.8 Å². The van der Waals surface area contributed by atoms with E-state index in [1.807, 2.05) is 31.4 Å². The van der Waals surface area contributed by atoms with Gasteiger partial charge < -0.3 is 15.8 Å². The molecule has 20 heavy (non-hydrogen) atoms. The lowest BCUT2D eigenvalue weighted by Gasteiger charge is -2.07. The zero-order valence-electron chi connectivity index (χ0n) is 11.4. The summed E-state index contributed by atoms with van der Waals surface area (Å²) in [4.78, 5) is 11.6. The molecule has 0 aliphatic rings. The number of nitrogens with zero attached hydrogens (tertiary/aromatic N) is 2. The van der Waals surface area contributed by atoms with Gasteiger partial charge >= 0.3 is 0 Å². The van der Waals surface area contributed by atoms with Gasteiger partial charge in [0.25, 0.3) is 5.91 Å². The number of carbonyl (C=O) groups excluding carboxylic acids is 1. The third-order valence-electron chi connectivity index (χ3n) is 2.76. The van der Waals surface area contributed by atoms with Crippen LogP contribution >= 0.6 is 0 Å². The maximum atomic E-state index is 11.6. The van der Waals surface area contributed by atoms with Crippen LogP contribution in [-0.2, 0) is 24.9 Å². The molecule has 1 heterocycles. The second kappa shape index (κ2) is 6.72. The predicted molar refractivity (Wildman–Crippen MR) is 74.9 cm³/mol. The van der Waals surface area contributed by atoms with Crippen molar-refractivity contribution >= 4 is 5.91 Å². The van der Waals surface area contributed by atoms with Gasteiger partial charge in [-0.1, -0.05) is 12.1 Å². The number of hydrogen-bond donors (Lipinski definition) is 2. The van der Waals surface area contributed by atoms with Crippen LogP contribution in [0, 0.1) is 0 Å². The summed E-state index contributed by atoms with van der Waals surface area (Å²) >= 11 is 0. The molecule has 6 nitrogen and oxygen atoms in total. The lowest BCUT2D eigenvalue weighted by atomic mass is 10.2. The lowest BCUT2D eigenvalue weighted by Crippen LogP contribution is -2.28. The Kier molecular flexibility index (Phi) is 4.73. The second-order valence-electron chi connectivity index (χ2n) is 4.39. The Balaban J connectivity index is 1.74. The van der Waals surface area contributed by atoms with Gasteiger partial charge in [0.2, 0.25) is 0 Å². The van der Waals surface area contributed by atoms with E-state index in [0.29, 0.717) is 18.8 Å². The predicted octanol–water partition coefficient (Wildman–Crippen LogP) is 0.574. The number of ether oxygens (including phenoxy) is 1. The molecule has 1 aromatic carbocycles. The topological polar surface area (TPSA) is 82.2 Å². The van der Waals surface area contributed by atoms with Crippen molar-refractivity contribution in [1.82, 2.24) is 15.1 Å². The lowest BCUT2D eigenvalue weighted by molar-refractivity contribution is -0.123. The minimum atomic E-state index is -0.182. The van der Waals surface area contributed by atoms with Gasteiger partial charge in [0.1, 0.15) is 5.75 Å². The Bertz CT molecular complexity index is 563. The van der Waals surface area contributed by atoms with Crippen LogP contribution in [0.3, 0.4) is 0 Å². The van der Waals surface area contributed by atoms with E-state index in [2.05, 4.69) is 10.4 Å². The number of benzene rings is 1. The van der Waals surface area contributed by atoms with Crippen LogP contribution in [-0.4, -0.2) is 22.3 Å². The summed E-state index contributed by atoms with van der Waals surface area (Å²) in [6, 6.07) is 9.21. The number of aryl methyl sites for hydroxylation is 1. The summed E-state index contributed by atoms with van der Waals surface area (Å²) in [5.74, 6) is 0.466. The van der Waals surface area contributed by atoms with Gasteiger partial charge in [-0.25, -0.2) is 0 Å². The smallest absolute Gasteiger partial charge is 0.258 e. The Labute approximate surface area is 117 Å². The first-order valence-electron chi connectivity index (χ1n) is 6.34. The van der Waals surface area contributed by atoms with Crippen molar-refractivity contribution in [2.45, 2.75) is 13.1 Å². The van der Waals surface area contributed by atoms with E-state index in [0.717, 1.165) is 11.3 Å². The minimum absolute atomic E-state index is 0.0190. The van der Waals surface area contributed by atoms with E-state index >= 15 is 0 Å². The molecule has 0 fully saturated rings. The van der Waals surface area contributed by atoms with Gasteiger partial charge in [0.05, 0.1) is 12.2 Å². The molecule has 2 rings (SSSR count). The standard InChI is InChI=1S/C14H18N4O2/c1-18-7-6-12(17-18)9-16-14(19)10-20-13-4-2-11(8-15)3-5-13/h2-7H,8-10,15H2,1H3,(H,16,19). The molecule has 0 spiro atoms. The van der Waals surface area contributed by atoms with Crippen LogP contribution in [0.25, 0.3) is 0 Å². The van der Waals surface area contributed by atoms with E-state index < -0.39 is 0 Å². The number of nitrogens with one attached hydrogen (secondary N) is 1. The summed E-state index contributed by atoms with van der Waals surface area (Å²) in [5, 5.41) is 6.91. The quantitative estimate of drug-likeness (QED) is 0.807. The van der Waals surface area contributed by atoms with Crippen LogP contribution in [0.1, 0.15) is 11.3 Å². The number of carbonyl (C=O) groups is 1. The molecule has 0 atom stereocenters. The number of hydrogen-bond acceptors (Lipinski definition) is 4. The molecule has 1 aromatic heterocycles. The SMILES string of the molecule is Cn1ccc(CNC(=O)COc2ccc(CN)cc2)n1. The van der Waals surface area contributed by atoms with E-state index in [4.69, 9.17) is 10.5 Å². The van der Waals surface area contributed by atoms with Crippen molar-refractivity contribution in [1.29, 1.82) is 0 Å². The second-order valence-corrected chi connectivity index (χ2v) is 4.39. The molecular weight excluding hydrogens is 256 g/mol. The molecule has 6 heteroatoms. The molecule has 3 N–H and O–H groups in total. The first kappa shape index (κ1) is 14.1. The fourth-order valence-electron chi connectivity index (χ4n) is 1.67. The largest absolute Gasteiger partial charge is 0.484 e. The third kappa shape index (κ3) is 4.10. The minimum Gasteiger partial charge on any atom is -0.484 e. The van der Waals surface area contributed by atoms with Gasteiger partial charge in [0.15, 0.2) is 6.61 Å².